The van der Waals surface area contributed by atoms with E-state index in [1.54, 1.807) is 12.1 Å². The van der Waals surface area contributed by atoms with Crippen molar-refractivity contribution in [3.05, 3.63) is 29.3 Å². The van der Waals surface area contributed by atoms with E-state index in [9.17, 15) is 4.79 Å². The molecule has 0 radical (unpaired) electrons. The molecular weight excluding hydrogens is 254 g/mol. The highest BCUT2D eigenvalue weighted by molar-refractivity contribution is 6.32. The van der Waals surface area contributed by atoms with Crippen LogP contribution in [-0.4, -0.2) is 30.7 Å². The highest BCUT2D eigenvalue weighted by atomic mass is 35.5. The number of para-hydroxylation sites is 1. The molecule has 0 spiro atoms. The molecule has 0 N–H and O–H groups in total. The minimum absolute atomic E-state index is 0.0400. The Hall–Kier alpha value is -1.26. The molecule has 1 aromatic rings. The van der Waals surface area contributed by atoms with E-state index >= 15 is 0 Å². The molecule has 1 amide bonds. The van der Waals surface area contributed by atoms with Crippen molar-refractivity contribution >= 4 is 17.5 Å². The summed E-state index contributed by atoms with van der Waals surface area (Å²) >= 11 is 5.94. The van der Waals surface area contributed by atoms with Gasteiger partial charge in [-0.3, -0.25) is 9.63 Å². The molecule has 1 aromatic carbocycles. The lowest BCUT2D eigenvalue weighted by Crippen LogP contribution is -2.36. The molecular formula is C13H16ClNO3. The van der Waals surface area contributed by atoms with Crippen LogP contribution in [-0.2, 0) is 9.63 Å². The zero-order chi connectivity index (χ0) is 12.8. The zero-order valence-electron chi connectivity index (χ0n) is 10.1. The maximum Gasteiger partial charge on any atom is 0.249 e. The Morgan fingerprint density at radius 1 is 1.39 bits per heavy atom. The molecule has 18 heavy (non-hydrogen) atoms. The van der Waals surface area contributed by atoms with Gasteiger partial charge < -0.3 is 4.74 Å². The van der Waals surface area contributed by atoms with Crippen molar-refractivity contribution < 1.29 is 14.4 Å². The normalized spacial score (nSPS) is 15.5. The Bertz CT molecular complexity index is 405. The van der Waals surface area contributed by atoms with E-state index in [0.29, 0.717) is 37.0 Å². The van der Waals surface area contributed by atoms with E-state index in [0.717, 1.165) is 12.8 Å². The molecule has 0 atom stereocenters. The standard InChI is InChI=1S/C13H16ClNO3/c14-11-5-1-2-6-12(11)17-10-7-13(16)15-8-3-4-9-18-15/h1-2,5-6H,3-4,7-10H2. The number of carbonyl (C=O) groups excluding carboxylic acids is 1. The fraction of sp³-hybridized carbons (Fsp3) is 0.462. The van der Waals surface area contributed by atoms with Gasteiger partial charge in [0, 0.05) is 6.54 Å². The van der Waals surface area contributed by atoms with Crippen LogP contribution in [0.5, 0.6) is 5.75 Å². The summed E-state index contributed by atoms with van der Waals surface area (Å²) in [5.41, 5.74) is 0. The van der Waals surface area contributed by atoms with Crippen molar-refractivity contribution in [3.8, 4) is 5.75 Å². The average Bonchev–Trinajstić information content (AvgIpc) is 2.42. The molecule has 4 nitrogen and oxygen atoms in total. The minimum Gasteiger partial charge on any atom is -0.491 e. The van der Waals surface area contributed by atoms with Gasteiger partial charge in [0.2, 0.25) is 5.91 Å². The Labute approximate surface area is 111 Å². The van der Waals surface area contributed by atoms with E-state index in [1.807, 2.05) is 12.1 Å². The van der Waals surface area contributed by atoms with Crippen molar-refractivity contribution in [2.75, 3.05) is 19.8 Å². The first kappa shape index (κ1) is 13.2. The number of hydrogen-bond donors (Lipinski definition) is 0. The van der Waals surface area contributed by atoms with Crippen LogP contribution in [0.2, 0.25) is 5.02 Å². The van der Waals surface area contributed by atoms with Gasteiger partial charge in [0.25, 0.3) is 0 Å². The van der Waals surface area contributed by atoms with Crippen LogP contribution >= 0.6 is 11.6 Å². The minimum atomic E-state index is -0.0400. The molecule has 1 aliphatic heterocycles. The van der Waals surface area contributed by atoms with Crippen LogP contribution in [0.3, 0.4) is 0 Å². The molecule has 0 aliphatic carbocycles. The first-order valence-electron chi connectivity index (χ1n) is 6.08. The maximum absolute atomic E-state index is 11.8. The summed E-state index contributed by atoms with van der Waals surface area (Å²) < 4.78 is 5.46. The van der Waals surface area contributed by atoms with Gasteiger partial charge in [0.05, 0.1) is 24.7 Å². The van der Waals surface area contributed by atoms with Crippen molar-refractivity contribution in [1.82, 2.24) is 5.06 Å². The van der Waals surface area contributed by atoms with Crippen LogP contribution < -0.4 is 4.74 Å². The predicted molar refractivity (Wildman–Crippen MR) is 68.5 cm³/mol. The van der Waals surface area contributed by atoms with Gasteiger partial charge in [-0.2, -0.15) is 0 Å². The van der Waals surface area contributed by atoms with Crippen LogP contribution in [0, 0.1) is 0 Å². The van der Waals surface area contributed by atoms with Gasteiger partial charge in [-0.25, -0.2) is 5.06 Å². The summed E-state index contributed by atoms with van der Waals surface area (Å²) in [6.45, 7) is 1.60. The smallest absolute Gasteiger partial charge is 0.249 e. The largest absolute Gasteiger partial charge is 0.491 e. The predicted octanol–water partition coefficient (Wildman–Crippen LogP) is 2.66. The van der Waals surface area contributed by atoms with Gasteiger partial charge in [-0.05, 0) is 25.0 Å². The van der Waals surface area contributed by atoms with Crippen LogP contribution in [0.4, 0.5) is 0 Å². The third-order valence-electron chi connectivity index (χ3n) is 2.69. The van der Waals surface area contributed by atoms with Crippen LogP contribution in [0.15, 0.2) is 24.3 Å². The number of rotatable bonds is 4. The summed E-state index contributed by atoms with van der Waals surface area (Å²) in [6, 6.07) is 7.22. The second kappa shape index (κ2) is 6.61. The first-order valence-corrected chi connectivity index (χ1v) is 6.46. The highest BCUT2D eigenvalue weighted by Gasteiger charge is 2.17. The summed E-state index contributed by atoms with van der Waals surface area (Å²) in [7, 11) is 0. The fourth-order valence-electron chi connectivity index (χ4n) is 1.73. The van der Waals surface area contributed by atoms with E-state index < -0.39 is 0 Å². The van der Waals surface area contributed by atoms with E-state index in [4.69, 9.17) is 21.2 Å². The molecule has 1 fully saturated rings. The van der Waals surface area contributed by atoms with Crippen LogP contribution in [0.1, 0.15) is 19.3 Å². The van der Waals surface area contributed by atoms with Gasteiger partial charge in [-0.15, -0.1) is 0 Å². The Balaban J connectivity index is 1.75. The number of nitrogens with zero attached hydrogens (tertiary/aromatic N) is 1. The van der Waals surface area contributed by atoms with E-state index in [-0.39, 0.29) is 5.91 Å². The van der Waals surface area contributed by atoms with E-state index in [2.05, 4.69) is 0 Å². The topological polar surface area (TPSA) is 38.8 Å². The van der Waals surface area contributed by atoms with E-state index in [1.165, 1.54) is 5.06 Å². The lowest BCUT2D eigenvalue weighted by atomic mass is 10.3. The average molecular weight is 270 g/mol. The quantitative estimate of drug-likeness (QED) is 0.844. The SMILES string of the molecule is O=C(CCOc1ccccc1Cl)N1CCCCO1. The Morgan fingerprint density at radius 3 is 2.94 bits per heavy atom. The fourth-order valence-corrected chi connectivity index (χ4v) is 1.92. The first-order chi connectivity index (χ1) is 8.77. The highest BCUT2D eigenvalue weighted by Crippen LogP contribution is 2.23. The monoisotopic (exact) mass is 269 g/mol. The molecule has 0 saturated carbocycles. The zero-order valence-corrected chi connectivity index (χ0v) is 10.9. The summed E-state index contributed by atoms with van der Waals surface area (Å²) in [5.74, 6) is 0.563. The molecule has 1 heterocycles. The Kier molecular flexibility index (Phi) is 4.84. The molecule has 0 bridgehead atoms. The molecule has 98 valence electrons. The number of halogens is 1. The lowest BCUT2D eigenvalue weighted by Gasteiger charge is -2.25. The lowest BCUT2D eigenvalue weighted by molar-refractivity contribution is -0.197. The molecule has 1 aliphatic rings. The van der Waals surface area contributed by atoms with Crippen molar-refractivity contribution in [2.24, 2.45) is 0 Å². The van der Waals surface area contributed by atoms with Crippen molar-refractivity contribution in [2.45, 2.75) is 19.3 Å². The van der Waals surface area contributed by atoms with Gasteiger partial charge >= 0.3 is 0 Å². The van der Waals surface area contributed by atoms with Gasteiger partial charge in [0.15, 0.2) is 0 Å². The Morgan fingerprint density at radius 2 is 2.22 bits per heavy atom. The molecule has 0 aromatic heterocycles. The summed E-state index contributed by atoms with van der Waals surface area (Å²) in [6.07, 6.45) is 2.31. The van der Waals surface area contributed by atoms with Crippen LogP contribution in [0.25, 0.3) is 0 Å². The van der Waals surface area contributed by atoms with Crippen molar-refractivity contribution in [1.29, 1.82) is 0 Å². The van der Waals surface area contributed by atoms with Gasteiger partial charge in [-0.1, -0.05) is 23.7 Å². The molecule has 5 heteroatoms. The number of ether oxygens (including phenoxy) is 1. The third-order valence-corrected chi connectivity index (χ3v) is 3.00. The maximum atomic E-state index is 11.8. The number of hydrogen-bond acceptors (Lipinski definition) is 3. The molecule has 0 unspecified atom stereocenters. The third kappa shape index (κ3) is 3.62. The second-order valence-corrected chi connectivity index (χ2v) is 4.47. The van der Waals surface area contributed by atoms with Gasteiger partial charge in [0.1, 0.15) is 5.75 Å². The number of benzene rings is 1. The number of amides is 1. The molecule has 1 saturated heterocycles. The second-order valence-electron chi connectivity index (χ2n) is 4.07. The number of carbonyl (C=O) groups is 1. The molecule has 2 rings (SSSR count). The summed E-state index contributed by atoms with van der Waals surface area (Å²) in [5, 5.41) is 1.98. The number of hydroxylamine groups is 2. The summed E-state index contributed by atoms with van der Waals surface area (Å²) in [4.78, 5) is 17.0. The van der Waals surface area contributed by atoms with Crippen molar-refractivity contribution in [3.63, 3.8) is 0 Å².